The standard InChI is InChI=1S/C12H15F2N3O2S/c1-7-15-5-10(20-7)11(18)16-8-4-9(14)12(19)17(6-8)3-2-13/h4,6-7,10,15H,2-3,5H2,1H3,(H,16,18). The van der Waals surface area contributed by atoms with Gasteiger partial charge >= 0.3 is 0 Å². The molecule has 2 atom stereocenters. The summed E-state index contributed by atoms with van der Waals surface area (Å²) < 4.78 is 26.6. The van der Waals surface area contributed by atoms with Gasteiger partial charge < -0.3 is 15.2 Å². The third kappa shape index (κ3) is 3.37. The number of carbonyl (C=O) groups is 1. The van der Waals surface area contributed by atoms with Crippen molar-refractivity contribution in [1.82, 2.24) is 9.88 Å². The van der Waals surface area contributed by atoms with Crippen LogP contribution in [0.1, 0.15) is 6.92 Å². The summed E-state index contributed by atoms with van der Waals surface area (Å²) in [4.78, 5) is 23.4. The molecule has 1 aliphatic heterocycles. The van der Waals surface area contributed by atoms with Crippen molar-refractivity contribution >= 4 is 23.4 Å². The highest BCUT2D eigenvalue weighted by molar-refractivity contribution is 8.01. The summed E-state index contributed by atoms with van der Waals surface area (Å²) in [6.45, 7) is 1.45. The van der Waals surface area contributed by atoms with E-state index in [1.165, 1.54) is 18.0 Å². The van der Waals surface area contributed by atoms with Gasteiger partial charge in [0.15, 0.2) is 5.82 Å². The predicted molar refractivity (Wildman–Crippen MR) is 74.1 cm³/mol. The molecule has 0 spiro atoms. The van der Waals surface area contributed by atoms with Gasteiger partial charge in [-0.15, -0.1) is 11.8 Å². The average molecular weight is 303 g/mol. The van der Waals surface area contributed by atoms with E-state index in [0.717, 1.165) is 10.6 Å². The Balaban J connectivity index is 2.13. The van der Waals surface area contributed by atoms with Crippen LogP contribution in [0.5, 0.6) is 0 Å². The number of aromatic nitrogens is 1. The van der Waals surface area contributed by atoms with Gasteiger partial charge in [0.1, 0.15) is 6.67 Å². The minimum atomic E-state index is -1.01. The van der Waals surface area contributed by atoms with Gasteiger partial charge in [0.2, 0.25) is 5.91 Å². The van der Waals surface area contributed by atoms with Gasteiger partial charge in [-0.05, 0) is 6.92 Å². The smallest absolute Gasteiger partial charge is 0.286 e. The Kier molecular flexibility index (Phi) is 4.77. The average Bonchev–Trinajstić information content (AvgIpc) is 2.82. The van der Waals surface area contributed by atoms with Crippen molar-refractivity contribution in [3.8, 4) is 0 Å². The second-order valence-electron chi connectivity index (χ2n) is 4.43. The molecule has 1 aromatic rings. The van der Waals surface area contributed by atoms with Crippen LogP contribution in [0.4, 0.5) is 14.5 Å². The maximum atomic E-state index is 13.4. The van der Waals surface area contributed by atoms with Crippen LogP contribution in [0.3, 0.4) is 0 Å². The Bertz CT molecular complexity index is 564. The number of halogens is 2. The lowest BCUT2D eigenvalue weighted by Gasteiger charge is -2.11. The summed E-state index contributed by atoms with van der Waals surface area (Å²) in [6, 6.07) is 0.950. The molecule has 2 unspecified atom stereocenters. The van der Waals surface area contributed by atoms with E-state index >= 15 is 0 Å². The third-order valence-electron chi connectivity index (χ3n) is 2.89. The predicted octanol–water partition coefficient (Wildman–Crippen LogP) is 0.946. The second kappa shape index (κ2) is 6.36. The van der Waals surface area contributed by atoms with Gasteiger partial charge in [0.25, 0.3) is 5.56 Å². The molecule has 0 radical (unpaired) electrons. The molecular weight excluding hydrogens is 288 g/mol. The molecule has 2 heterocycles. The molecule has 1 saturated heterocycles. The first-order valence-corrected chi connectivity index (χ1v) is 7.11. The molecule has 1 aromatic heterocycles. The normalized spacial score (nSPS) is 21.9. The van der Waals surface area contributed by atoms with Crippen LogP contribution in [-0.2, 0) is 11.3 Å². The van der Waals surface area contributed by atoms with Crippen LogP contribution in [0.25, 0.3) is 0 Å². The maximum absolute atomic E-state index is 13.4. The Morgan fingerprint density at radius 2 is 2.40 bits per heavy atom. The number of carbonyl (C=O) groups excluding carboxylic acids is 1. The highest BCUT2D eigenvalue weighted by Crippen LogP contribution is 2.23. The van der Waals surface area contributed by atoms with Crippen molar-refractivity contribution in [2.24, 2.45) is 0 Å². The lowest BCUT2D eigenvalue weighted by molar-refractivity contribution is -0.115. The molecular formula is C12H15F2N3O2S. The van der Waals surface area contributed by atoms with Crippen molar-refractivity contribution in [2.45, 2.75) is 24.1 Å². The lowest BCUT2D eigenvalue weighted by Crippen LogP contribution is -2.30. The molecule has 5 nitrogen and oxygen atoms in total. The number of pyridine rings is 1. The van der Waals surface area contributed by atoms with Gasteiger partial charge in [-0.2, -0.15) is 0 Å². The van der Waals surface area contributed by atoms with Gasteiger partial charge in [-0.3, -0.25) is 9.59 Å². The first kappa shape index (κ1) is 15.0. The number of alkyl halides is 1. The number of amides is 1. The minimum Gasteiger partial charge on any atom is -0.324 e. The number of aryl methyl sites for hydroxylation is 1. The third-order valence-corrected chi connectivity index (χ3v) is 4.17. The monoisotopic (exact) mass is 303 g/mol. The minimum absolute atomic E-state index is 0.153. The summed E-state index contributed by atoms with van der Waals surface area (Å²) in [7, 11) is 0. The van der Waals surface area contributed by atoms with E-state index in [0.29, 0.717) is 6.54 Å². The Morgan fingerprint density at radius 1 is 1.65 bits per heavy atom. The quantitative estimate of drug-likeness (QED) is 0.869. The molecule has 2 N–H and O–H groups in total. The summed E-state index contributed by atoms with van der Waals surface area (Å²) in [5.74, 6) is -1.28. The van der Waals surface area contributed by atoms with Crippen LogP contribution in [0, 0.1) is 5.82 Å². The van der Waals surface area contributed by atoms with Crippen LogP contribution >= 0.6 is 11.8 Å². The molecule has 1 aliphatic rings. The number of anilines is 1. The highest BCUT2D eigenvalue weighted by atomic mass is 32.2. The summed E-state index contributed by atoms with van der Waals surface area (Å²) in [6.07, 6.45) is 1.25. The first-order valence-electron chi connectivity index (χ1n) is 6.17. The van der Waals surface area contributed by atoms with Gasteiger partial charge in [-0.25, -0.2) is 8.78 Å². The van der Waals surface area contributed by atoms with Crippen molar-refractivity contribution in [1.29, 1.82) is 0 Å². The summed E-state index contributed by atoms with van der Waals surface area (Å²) in [5.41, 5.74) is -0.744. The van der Waals surface area contributed by atoms with Crippen LogP contribution < -0.4 is 16.2 Å². The SMILES string of the molecule is CC1NCC(C(=O)Nc2cc(F)c(=O)n(CCF)c2)S1. The summed E-state index contributed by atoms with van der Waals surface area (Å²) in [5, 5.41) is 5.58. The molecule has 0 aliphatic carbocycles. The zero-order valence-electron chi connectivity index (χ0n) is 10.9. The van der Waals surface area contributed by atoms with Gasteiger partial charge in [0, 0.05) is 18.8 Å². The summed E-state index contributed by atoms with van der Waals surface area (Å²) >= 11 is 1.47. The lowest BCUT2D eigenvalue weighted by atomic mass is 10.3. The number of hydrogen-bond acceptors (Lipinski definition) is 4. The zero-order chi connectivity index (χ0) is 14.7. The molecule has 1 amide bonds. The van der Waals surface area contributed by atoms with Gasteiger partial charge in [-0.1, -0.05) is 0 Å². The van der Waals surface area contributed by atoms with Crippen molar-refractivity contribution in [2.75, 3.05) is 18.5 Å². The van der Waals surface area contributed by atoms with Crippen molar-refractivity contribution in [3.63, 3.8) is 0 Å². The topological polar surface area (TPSA) is 63.1 Å². The van der Waals surface area contributed by atoms with E-state index in [-0.39, 0.29) is 28.8 Å². The Morgan fingerprint density at radius 3 is 3.00 bits per heavy atom. The van der Waals surface area contributed by atoms with Crippen molar-refractivity contribution in [3.05, 3.63) is 28.4 Å². The highest BCUT2D eigenvalue weighted by Gasteiger charge is 2.27. The number of nitrogens with one attached hydrogen (secondary N) is 2. The second-order valence-corrected chi connectivity index (χ2v) is 5.98. The van der Waals surface area contributed by atoms with E-state index in [1.807, 2.05) is 6.92 Å². The van der Waals surface area contributed by atoms with E-state index in [9.17, 15) is 18.4 Å². The van der Waals surface area contributed by atoms with E-state index in [1.54, 1.807) is 0 Å². The van der Waals surface area contributed by atoms with Crippen LogP contribution in [-0.4, -0.2) is 34.3 Å². The molecule has 20 heavy (non-hydrogen) atoms. The first-order chi connectivity index (χ1) is 9.51. The number of thioether (sulfide) groups is 1. The number of nitrogens with zero attached hydrogens (tertiary/aromatic N) is 1. The van der Waals surface area contributed by atoms with E-state index in [2.05, 4.69) is 10.6 Å². The molecule has 8 heteroatoms. The fourth-order valence-electron chi connectivity index (χ4n) is 1.92. The molecule has 0 saturated carbocycles. The number of rotatable bonds is 4. The largest absolute Gasteiger partial charge is 0.324 e. The van der Waals surface area contributed by atoms with Crippen molar-refractivity contribution < 1.29 is 13.6 Å². The Labute approximate surface area is 118 Å². The fraction of sp³-hybridized carbons (Fsp3) is 0.500. The van der Waals surface area contributed by atoms with Gasteiger partial charge in [0.05, 0.1) is 22.9 Å². The molecule has 1 fully saturated rings. The fourth-order valence-corrected chi connectivity index (χ4v) is 2.98. The van der Waals surface area contributed by atoms with Crippen LogP contribution in [0.2, 0.25) is 0 Å². The van der Waals surface area contributed by atoms with E-state index in [4.69, 9.17) is 0 Å². The number of hydrogen-bond donors (Lipinski definition) is 2. The van der Waals surface area contributed by atoms with E-state index < -0.39 is 18.1 Å². The molecule has 0 bridgehead atoms. The molecule has 0 aromatic carbocycles. The molecule has 2 rings (SSSR count). The Hall–Kier alpha value is -1.41. The van der Waals surface area contributed by atoms with Crippen LogP contribution in [0.15, 0.2) is 17.1 Å². The molecule has 110 valence electrons. The maximum Gasteiger partial charge on any atom is 0.286 e. The zero-order valence-corrected chi connectivity index (χ0v) is 11.7.